The highest BCUT2D eigenvalue weighted by atomic mass is 79.9. The van der Waals surface area contributed by atoms with Gasteiger partial charge in [-0.1, -0.05) is 0 Å². The van der Waals surface area contributed by atoms with Crippen molar-refractivity contribution in [1.29, 1.82) is 0 Å². The molecule has 1 amide bonds. The molecule has 1 atom stereocenters. The molecule has 0 saturated carbocycles. The van der Waals surface area contributed by atoms with Crippen molar-refractivity contribution in [2.45, 2.75) is 31.7 Å². The van der Waals surface area contributed by atoms with Crippen LogP contribution in [-0.4, -0.2) is 52.5 Å². The molecule has 2 fully saturated rings. The maximum atomic E-state index is 12.7. The molecule has 0 N–H and O–H groups in total. The van der Waals surface area contributed by atoms with E-state index in [1.165, 1.54) is 32.4 Å². The maximum Gasteiger partial charge on any atom is 0.270 e. The van der Waals surface area contributed by atoms with Gasteiger partial charge in [-0.15, -0.1) is 0 Å². The lowest BCUT2D eigenvalue weighted by atomic mass is 10.0. The topological polar surface area (TPSA) is 28.5 Å². The summed E-state index contributed by atoms with van der Waals surface area (Å²) in [5.41, 5.74) is 0.777. The molecule has 2 aliphatic heterocycles. The Morgan fingerprint density at radius 3 is 2.65 bits per heavy atom. The van der Waals surface area contributed by atoms with E-state index in [0.29, 0.717) is 6.04 Å². The lowest BCUT2D eigenvalue weighted by Crippen LogP contribution is -2.49. The van der Waals surface area contributed by atoms with Gasteiger partial charge < -0.3 is 9.47 Å². The fourth-order valence-electron chi connectivity index (χ4n) is 3.44. The predicted molar refractivity (Wildman–Crippen MR) is 82.8 cm³/mol. The third-order valence-corrected chi connectivity index (χ3v) is 4.97. The minimum absolute atomic E-state index is 0.169. The average molecular weight is 340 g/mol. The zero-order valence-corrected chi connectivity index (χ0v) is 13.6. The van der Waals surface area contributed by atoms with Gasteiger partial charge in [-0.25, -0.2) is 0 Å². The SMILES string of the molecule is Cn1cc(Br)cc1C(=O)N1CCCC(N2CCCC2)C1. The van der Waals surface area contributed by atoms with Crippen molar-refractivity contribution in [3.8, 4) is 0 Å². The molecule has 1 unspecified atom stereocenters. The summed E-state index contributed by atoms with van der Waals surface area (Å²) >= 11 is 3.44. The molecule has 0 aliphatic carbocycles. The molecule has 110 valence electrons. The molecular formula is C15H22BrN3O. The van der Waals surface area contributed by atoms with Crippen LogP contribution in [0.4, 0.5) is 0 Å². The molecule has 20 heavy (non-hydrogen) atoms. The number of amides is 1. The van der Waals surface area contributed by atoms with Crippen LogP contribution in [0.2, 0.25) is 0 Å². The molecule has 0 radical (unpaired) electrons. The molecule has 2 aliphatic rings. The summed E-state index contributed by atoms with van der Waals surface area (Å²) in [6, 6.07) is 2.49. The lowest BCUT2D eigenvalue weighted by Gasteiger charge is -2.37. The number of hydrogen-bond donors (Lipinski definition) is 0. The Kier molecular flexibility index (Phi) is 4.17. The zero-order chi connectivity index (χ0) is 14.1. The van der Waals surface area contributed by atoms with Crippen LogP contribution < -0.4 is 0 Å². The fourth-order valence-corrected chi connectivity index (χ4v) is 3.97. The Morgan fingerprint density at radius 1 is 1.25 bits per heavy atom. The van der Waals surface area contributed by atoms with Crippen LogP contribution in [0.5, 0.6) is 0 Å². The zero-order valence-electron chi connectivity index (χ0n) is 12.0. The first-order valence-electron chi connectivity index (χ1n) is 7.50. The Labute approximate surface area is 128 Å². The van der Waals surface area contributed by atoms with Gasteiger partial charge >= 0.3 is 0 Å². The standard InChI is InChI=1S/C15H22BrN3O/c1-17-10-12(16)9-14(17)15(20)19-8-4-5-13(11-19)18-6-2-3-7-18/h9-10,13H,2-8,11H2,1H3. The van der Waals surface area contributed by atoms with Crippen LogP contribution in [0.3, 0.4) is 0 Å². The van der Waals surface area contributed by atoms with Gasteiger partial charge in [0.05, 0.1) is 0 Å². The van der Waals surface area contributed by atoms with Crippen LogP contribution in [0.25, 0.3) is 0 Å². The van der Waals surface area contributed by atoms with Crippen molar-refractivity contribution < 1.29 is 4.79 Å². The van der Waals surface area contributed by atoms with Gasteiger partial charge in [0.2, 0.25) is 0 Å². The predicted octanol–water partition coefficient (Wildman–Crippen LogP) is 2.49. The van der Waals surface area contributed by atoms with Crippen LogP contribution in [0.1, 0.15) is 36.2 Å². The van der Waals surface area contributed by atoms with Gasteiger partial charge in [-0.05, 0) is 60.8 Å². The number of piperidine rings is 1. The van der Waals surface area contributed by atoms with Gasteiger partial charge in [0.15, 0.2) is 0 Å². The Morgan fingerprint density at radius 2 is 2.00 bits per heavy atom. The van der Waals surface area contributed by atoms with Gasteiger partial charge in [0.25, 0.3) is 5.91 Å². The van der Waals surface area contributed by atoms with Crippen molar-refractivity contribution in [2.75, 3.05) is 26.2 Å². The van der Waals surface area contributed by atoms with Crippen molar-refractivity contribution in [1.82, 2.24) is 14.4 Å². The Bertz CT molecular complexity index is 493. The molecule has 0 aromatic carbocycles. The molecule has 0 bridgehead atoms. The molecule has 0 spiro atoms. The van der Waals surface area contributed by atoms with Crippen LogP contribution in [0.15, 0.2) is 16.7 Å². The van der Waals surface area contributed by atoms with Gasteiger partial charge in [0.1, 0.15) is 5.69 Å². The van der Waals surface area contributed by atoms with E-state index in [1.54, 1.807) is 0 Å². The monoisotopic (exact) mass is 339 g/mol. The van der Waals surface area contributed by atoms with E-state index in [2.05, 4.69) is 20.8 Å². The Hall–Kier alpha value is -0.810. The van der Waals surface area contributed by atoms with Gasteiger partial charge in [-0.2, -0.15) is 0 Å². The van der Waals surface area contributed by atoms with E-state index < -0.39 is 0 Å². The number of likely N-dealkylation sites (tertiary alicyclic amines) is 2. The van der Waals surface area contributed by atoms with Crippen molar-refractivity contribution in [2.24, 2.45) is 7.05 Å². The van der Waals surface area contributed by atoms with Crippen LogP contribution in [0, 0.1) is 0 Å². The first-order chi connectivity index (χ1) is 9.65. The van der Waals surface area contributed by atoms with E-state index in [4.69, 9.17) is 0 Å². The number of halogens is 1. The summed E-state index contributed by atoms with van der Waals surface area (Å²) in [5, 5.41) is 0. The first-order valence-corrected chi connectivity index (χ1v) is 8.29. The molecule has 5 heteroatoms. The number of aryl methyl sites for hydroxylation is 1. The normalized spacial score (nSPS) is 24.3. The number of carbonyl (C=O) groups excluding carboxylic acids is 1. The summed E-state index contributed by atoms with van der Waals surface area (Å²) < 4.78 is 2.88. The highest BCUT2D eigenvalue weighted by molar-refractivity contribution is 9.10. The van der Waals surface area contributed by atoms with Crippen LogP contribution in [-0.2, 0) is 7.05 Å². The maximum absolute atomic E-state index is 12.7. The third kappa shape index (κ3) is 2.79. The summed E-state index contributed by atoms with van der Waals surface area (Å²) in [5.74, 6) is 0.169. The van der Waals surface area contributed by atoms with Crippen molar-refractivity contribution >= 4 is 21.8 Å². The average Bonchev–Trinajstić information content (AvgIpc) is 3.08. The highest BCUT2D eigenvalue weighted by Gasteiger charge is 2.30. The highest BCUT2D eigenvalue weighted by Crippen LogP contribution is 2.22. The first kappa shape index (κ1) is 14.1. The molecule has 3 rings (SSSR count). The largest absolute Gasteiger partial charge is 0.345 e. The molecule has 3 heterocycles. The molecular weight excluding hydrogens is 318 g/mol. The summed E-state index contributed by atoms with van der Waals surface area (Å²) in [6.45, 7) is 4.21. The number of hydrogen-bond acceptors (Lipinski definition) is 2. The van der Waals surface area contributed by atoms with Gasteiger partial charge in [0, 0.05) is 36.8 Å². The smallest absolute Gasteiger partial charge is 0.270 e. The van der Waals surface area contributed by atoms with E-state index >= 15 is 0 Å². The van der Waals surface area contributed by atoms with Crippen molar-refractivity contribution in [3.63, 3.8) is 0 Å². The second kappa shape index (κ2) is 5.90. The summed E-state index contributed by atoms with van der Waals surface area (Å²) in [7, 11) is 1.93. The van der Waals surface area contributed by atoms with Crippen molar-refractivity contribution in [3.05, 3.63) is 22.4 Å². The molecule has 4 nitrogen and oxygen atoms in total. The van der Waals surface area contributed by atoms with E-state index in [1.807, 2.05) is 28.8 Å². The van der Waals surface area contributed by atoms with E-state index in [9.17, 15) is 4.79 Å². The molecule has 1 aromatic heterocycles. The quantitative estimate of drug-likeness (QED) is 0.828. The fraction of sp³-hybridized carbons (Fsp3) is 0.667. The lowest BCUT2D eigenvalue weighted by molar-refractivity contribution is 0.0599. The van der Waals surface area contributed by atoms with Crippen LogP contribution >= 0.6 is 15.9 Å². The second-order valence-electron chi connectivity index (χ2n) is 5.94. The molecule has 2 saturated heterocycles. The minimum atomic E-state index is 0.169. The number of rotatable bonds is 2. The number of nitrogens with zero attached hydrogens (tertiary/aromatic N) is 3. The summed E-state index contributed by atoms with van der Waals surface area (Å²) in [6.07, 6.45) is 6.93. The minimum Gasteiger partial charge on any atom is -0.345 e. The Balaban J connectivity index is 1.70. The number of aromatic nitrogens is 1. The van der Waals surface area contributed by atoms with E-state index in [0.717, 1.165) is 29.7 Å². The molecule has 1 aromatic rings. The van der Waals surface area contributed by atoms with Gasteiger partial charge in [-0.3, -0.25) is 9.69 Å². The third-order valence-electron chi connectivity index (χ3n) is 4.53. The number of carbonyl (C=O) groups is 1. The summed E-state index contributed by atoms with van der Waals surface area (Å²) in [4.78, 5) is 17.3. The van der Waals surface area contributed by atoms with E-state index in [-0.39, 0.29) is 5.91 Å². The second-order valence-corrected chi connectivity index (χ2v) is 6.86.